The molecule has 4 nitrogen and oxygen atoms in total. The zero-order chi connectivity index (χ0) is 18.7. The normalized spacial score (nSPS) is 32.0. The average molecular weight is 379 g/mol. The Hall–Kier alpha value is -1.56. The fraction of sp³-hybridized carbons (Fsp3) is 0.600. The van der Waals surface area contributed by atoms with Crippen LogP contribution < -0.4 is 10.6 Å². The van der Waals surface area contributed by atoms with Crippen LogP contribution in [-0.2, 0) is 16.0 Å². The number of amides is 2. The van der Waals surface area contributed by atoms with Gasteiger partial charge in [0, 0.05) is 11.8 Å². The Morgan fingerprint density at radius 3 is 2.81 bits per heavy atom. The molecule has 1 aromatic carbocycles. The summed E-state index contributed by atoms with van der Waals surface area (Å²) in [5.74, 6) is 1.01. The average Bonchev–Trinajstić information content (AvgIpc) is 2.62. The van der Waals surface area contributed by atoms with Crippen molar-refractivity contribution in [1.29, 1.82) is 0 Å². The summed E-state index contributed by atoms with van der Waals surface area (Å²) in [5.41, 5.74) is 0.535. The summed E-state index contributed by atoms with van der Waals surface area (Å²) >= 11 is 1.44. The van der Waals surface area contributed by atoms with Crippen LogP contribution in [0.4, 0.5) is 4.39 Å². The van der Waals surface area contributed by atoms with E-state index in [1.165, 1.54) is 24.2 Å². The zero-order valence-corrected chi connectivity index (χ0v) is 16.2. The first-order chi connectivity index (χ1) is 12.5. The second-order valence-electron chi connectivity index (χ2n) is 7.56. The van der Waals surface area contributed by atoms with E-state index in [1.807, 2.05) is 0 Å². The maximum atomic E-state index is 13.8. The monoisotopic (exact) mass is 378 g/mol. The third-order valence-corrected chi connectivity index (χ3v) is 7.10. The molecule has 2 amide bonds. The molecular weight excluding hydrogens is 351 g/mol. The van der Waals surface area contributed by atoms with E-state index in [-0.39, 0.29) is 28.9 Å². The molecule has 0 bridgehead atoms. The predicted molar refractivity (Wildman–Crippen MR) is 102 cm³/mol. The van der Waals surface area contributed by atoms with Gasteiger partial charge in [0.25, 0.3) is 0 Å². The van der Waals surface area contributed by atoms with Crippen LogP contribution in [0.15, 0.2) is 24.3 Å². The van der Waals surface area contributed by atoms with Crippen LogP contribution in [0.1, 0.15) is 38.7 Å². The molecule has 0 aromatic heterocycles. The van der Waals surface area contributed by atoms with Crippen molar-refractivity contribution < 1.29 is 14.0 Å². The minimum Gasteiger partial charge on any atom is -0.351 e. The molecule has 142 valence electrons. The number of hydrogen-bond donors (Lipinski definition) is 2. The fourth-order valence-electron chi connectivity index (χ4n) is 3.82. The summed E-state index contributed by atoms with van der Waals surface area (Å²) in [6.45, 7) is 4.42. The Kier molecular flexibility index (Phi) is 6.22. The van der Waals surface area contributed by atoms with Crippen molar-refractivity contribution >= 4 is 23.6 Å². The van der Waals surface area contributed by atoms with Crippen molar-refractivity contribution in [2.45, 2.75) is 56.9 Å². The molecule has 0 spiro atoms. The highest BCUT2D eigenvalue weighted by Crippen LogP contribution is 2.30. The molecule has 1 aromatic rings. The fourth-order valence-corrected chi connectivity index (χ4v) is 5.00. The highest BCUT2D eigenvalue weighted by atomic mass is 32.2. The molecule has 5 atom stereocenters. The van der Waals surface area contributed by atoms with E-state index in [9.17, 15) is 14.0 Å². The highest BCUT2D eigenvalue weighted by Gasteiger charge is 2.35. The Morgan fingerprint density at radius 1 is 1.31 bits per heavy atom. The number of benzene rings is 1. The van der Waals surface area contributed by atoms with E-state index in [4.69, 9.17) is 0 Å². The number of hydrogen-bond acceptors (Lipinski definition) is 3. The maximum Gasteiger partial charge on any atom is 0.243 e. The van der Waals surface area contributed by atoms with Gasteiger partial charge in [0.1, 0.15) is 11.9 Å². The number of nitrogens with one attached hydrogen (secondary N) is 2. The Labute approximate surface area is 158 Å². The first kappa shape index (κ1) is 19.2. The summed E-state index contributed by atoms with van der Waals surface area (Å²) in [6.07, 6.45) is 3.68. The van der Waals surface area contributed by atoms with Crippen molar-refractivity contribution in [3.05, 3.63) is 35.6 Å². The number of halogens is 1. The molecule has 5 unspecified atom stereocenters. The molecule has 1 saturated heterocycles. The second-order valence-corrected chi connectivity index (χ2v) is 8.80. The van der Waals surface area contributed by atoms with Crippen molar-refractivity contribution in [3.63, 3.8) is 0 Å². The maximum absolute atomic E-state index is 13.8. The molecule has 1 aliphatic heterocycles. The minimum atomic E-state index is -0.506. The van der Waals surface area contributed by atoms with Gasteiger partial charge in [-0.1, -0.05) is 44.9 Å². The lowest BCUT2D eigenvalue weighted by Crippen LogP contribution is -2.57. The minimum absolute atomic E-state index is 0.0962. The van der Waals surface area contributed by atoms with Gasteiger partial charge < -0.3 is 10.6 Å². The molecular formula is C20H27FN2O2S. The highest BCUT2D eigenvalue weighted by molar-refractivity contribution is 8.00. The Morgan fingerprint density at radius 2 is 2.08 bits per heavy atom. The molecule has 1 saturated carbocycles. The van der Waals surface area contributed by atoms with Gasteiger partial charge in [0.15, 0.2) is 0 Å². The third kappa shape index (κ3) is 4.40. The van der Waals surface area contributed by atoms with Gasteiger partial charge in [-0.15, -0.1) is 11.8 Å². The summed E-state index contributed by atoms with van der Waals surface area (Å²) in [7, 11) is 0. The lowest BCUT2D eigenvalue weighted by molar-refractivity contribution is -0.129. The van der Waals surface area contributed by atoms with Crippen LogP contribution in [0, 0.1) is 17.7 Å². The van der Waals surface area contributed by atoms with Crippen LogP contribution in [0.3, 0.4) is 0 Å². The summed E-state index contributed by atoms with van der Waals surface area (Å²) < 4.78 is 13.8. The van der Waals surface area contributed by atoms with Crippen LogP contribution >= 0.6 is 11.8 Å². The number of carbonyl (C=O) groups excluding carboxylic acids is 2. The van der Waals surface area contributed by atoms with Gasteiger partial charge >= 0.3 is 0 Å². The lowest BCUT2D eigenvalue weighted by atomic mass is 9.78. The number of rotatable bonds is 4. The molecule has 0 radical (unpaired) electrons. The molecule has 2 aliphatic rings. The second kappa shape index (κ2) is 8.42. The Balaban J connectivity index is 1.54. The molecule has 2 N–H and O–H groups in total. The summed E-state index contributed by atoms with van der Waals surface area (Å²) in [5, 5.41) is 5.61. The van der Waals surface area contributed by atoms with Gasteiger partial charge in [-0.3, -0.25) is 9.59 Å². The SMILES string of the molecule is CC1CCCC(NC(=O)C2CSC(Cc3ccccc3F)C(=O)N2)C1C. The zero-order valence-electron chi connectivity index (χ0n) is 15.3. The van der Waals surface area contributed by atoms with E-state index < -0.39 is 6.04 Å². The van der Waals surface area contributed by atoms with Gasteiger partial charge in [0.2, 0.25) is 11.8 Å². The third-order valence-electron chi connectivity index (χ3n) is 5.79. The molecule has 1 heterocycles. The molecule has 6 heteroatoms. The van der Waals surface area contributed by atoms with E-state index in [2.05, 4.69) is 24.5 Å². The van der Waals surface area contributed by atoms with Crippen molar-refractivity contribution in [2.24, 2.45) is 11.8 Å². The molecule has 2 fully saturated rings. The lowest BCUT2D eigenvalue weighted by Gasteiger charge is -2.36. The van der Waals surface area contributed by atoms with Crippen LogP contribution in [0.5, 0.6) is 0 Å². The largest absolute Gasteiger partial charge is 0.351 e. The van der Waals surface area contributed by atoms with E-state index in [1.54, 1.807) is 18.2 Å². The topological polar surface area (TPSA) is 58.2 Å². The predicted octanol–water partition coefficient (Wildman–Crippen LogP) is 2.91. The van der Waals surface area contributed by atoms with Gasteiger partial charge in [0.05, 0.1) is 5.25 Å². The number of carbonyl (C=O) groups is 2. The van der Waals surface area contributed by atoms with E-state index in [0.29, 0.717) is 29.6 Å². The van der Waals surface area contributed by atoms with Gasteiger partial charge in [-0.05, 0) is 36.3 Å². The smallest absolute Gasteiger partial charge is 0.243 e. The van der Waals surface area contributed by atoms with Crippen molar-refractivity contribution in [3.8, 4) is 0 Å². The summed E-state index contributed by atoms with van der Waals surface area (Å²) in [4.78, 5) is 25.0. The molecule has 1 aliphatic carbocycles. The van der Waals surface area contributed by atoms with Crippen molar-refractivity contribution in [2.75, 3.05) is 5.75 Å². The van der Waals surface area contributed by atoms with Gasteiger partial charge in [-0.25, -0.2) is 4.39 Å². The first-order valence-corrected chi connectivity index (χ1v) is 10.5. The number of thioether (sulfide) groups is 1. The van der Waals surface area contributed by atoms with Crippen LogP contribution in [0.25, 0.3) is 0 Å². The van der Waals surface area contributed by atoms with Crippen LogP contribution in [-0.4, -0.2) is 34.9 Å². The van der Waals surface area contributed by atoms with Crippen molar-refractivity contribution in [1.82, 2.24) is 10.6 Å². The standard InChI is InChI=1S/C20H27FN2O2S/c1-12-6-5-9-16(13(12)2)22-19(24)17-11-26-18(20(25)23-17)10-14-7-3-4-8-15(14)21/h3-4,7-8,12-13,16-18H,5-6,9-11H2,1-2H3,(H,22,24)(H,23,25). The van der Waals surface area contributed by atoms with E-state index in [0.717, 1.165) is 12.8 Å². The quantitative estimate of drug-likeness (QED) is 0.847. The van der Waals surface area contributed by atoms with E-state index >= 15 is 0 Å². The Bertz CT molecular complexity index is 669. The van der Waals surface area contributed by atoms with Gasteiger partial charge in [-0.2, -0.15) is 0 Å². The summed E-state index contributed by atoms with van der Waals surface area (Å²) in [6, 6.07) is 6.20. The van der Waals surface area contributed by atoms with Crippen LogP contribution in [0.2, 0.25) is 0 Å². The molecule has 26 heavy (non-hydrogen) atoms. The molecule has 3 rings (SSSR count). The first-order valence-electron chi connectivity index (χ1n) is 9.41.